The zero-order valence-electron chi connectivity index (χ0n) is 10.6. The molecule has 5 heteroatoms. The van der Waals surface area contributed by atoms with Crippen LogP contribution in [0.2, 0.25) is 0 Å². The third-order valence-electron chi connectivity index (χ3n) is 3.57. The summed E-state index contributed by atoms with van der Waals surface area (Å²) in [7, 11) is 3.53. The second kappa shape index (κ2) is 5.80. The molecule has 0 N–H and O–H groups in total. The van der Waals surface area contributed by atoms with Crippen LogP contribution in [0.15, 0.2) is 0 Å². The molecule has 0 aromatic heterocycles. The Hall–Kier alpha value is -0.650. The molecule has 2 rings (SSSR count). The molecule has 2 aliphatic heterocycles. The predicted molar refractivity (Wildman–Crippen MR) is 61.5 cm³/mol. The van der Waals surface area contributed by atoms with Crippen LogP contribution in [-0.4, -0.2) is 56.6 Å². The second-order valence-corrected chi connectivity index (χ2v) is 4.81. The Labute approximate surface area is 102 Å². The topological polar surface area (TPSA) is 48.0 Å². The van der Waals surface area contributed by atoms with Crippen molar-refractivity contribution in [2.45, 2.75) is 44.1 Å². The summed E-state index contributed by atoms with van der Waals surface area (Å²) in [6, 6.07) is 0.553. The van der Waals surface area contributed by atoms with Gasteiger partial charge in [0.2, 0.25) is 0 Å². The molecule has 2 saturated heterocycles. The summed E-state index contributed by atoms with van der Waals surface area (Å²) < 4.78 is 15.9. The lowest BCUT2D eigenvalue weighted by atomic mass is 10.1. The second-order valence-electron chi connectivity index (χ2n) is 4.81. The van der Waals surface area contributed by atoms with Gasteiger partial charge in [-0.2, -0.15) is 0 Å². The van der Waals surface area contributed by atoms with Crippen molar-refractivity contribution in [3.05, 3.63) is 0 Å². The van der Waals surface area contributed by atoms with E-state index in [0.29, 0.717) is 12.6 Å². The van der Waals surface area contributed by atoms with E-state index in [2.05, 4.69) is 16.7 Å². The van der Waals surface area contributed by atoms with Crippen LogP contribution in [0.5, 0.6) is 0 Å². The van der Waals surface area contributed by atoms with Crippen LogP contribution in [-0.2, 0) is 19.0 Å². The minimum absolute atomic E-state index is 0.140. The Kier molecular flexibility index (Phi) is 4.36. The number of esters is 1. The Morgan fingerprint density at radius 2 is 2.35 bits per heavy atom. The molecule has 98 valence electrons. The monoisotopic (exact) mass is 243 g/mol. The SMILES string of the molecule is COC(=O)CC1COC(CC2CCCN2C)O1. The molecular weight excluding hydrogens is 222 g/mol. The minimum atomic E-state index is -0.239. The van der Waals surface area contributed by atoms with Gasteiger partial charge in [-0.1, -0.05) is 0 Å². The molecule has 0 aliphatic carbocycles. The number of hydrogen-bond acceptors (Lipinski definition) is 5. The van der Waals surface area contributed by atoms with Crippen LogP contribution >= 0.6 is 0 Å². The molecule has 2 aliphatic rings. The lowest BCUT2D eigenvalue weighted by Crippen LogP contribution is -2.29. The summed E-state index contributed by atoms with van der Waals surface area (Å²) in [4.78, 5) is 13.5. The van der Waals surface area contributed by atoms with E-state index in [4.69, 9.17) is 9.47 Å². The highest BCUT2D eigenvalue weighted by molar-refractivity contribution is 5.69. The van der Waals surface area contributed by atoms with E-state index >= 15 is 0 Å². The summed E-state index contributed by atoms with van der Waals surface area (Å²) in [5, 5.41) is 0. The number of ether oxygens (including phenoxy) is 3. The fourth-order valence-corrected chi connectivity index (χ4v) is 2.51. The highest BCUT2D eigenvalue weighted by atomic mass is 16.7. The lowest BCUT2D eigenvalue weighted by molar-refractivity contribution is -0.144. The number of likely N-dealkylation sites (tertiary alicyclic amines) is 1. The molecule has 0 spiro atoms. The summed E-state index contributed by atoms with van der Waals surface area (Å²) in [5.41, 5.74) is 0. The van der Waals surface area contributed by atoms with E-state index < -0.39 is 0 Å². The van der Waals surface area contributed by atoms with Gasteiger partial charge in [-0.3, -0.25) is 4.79 Å². The molecule has 0 amide bonds. The third-order valence-corrected chi connectivity index (χ3v) is 3.57. The molecule has 0 bridgehead atoms. The summed E-state index contributed by atoms with van der Waals surface area (Å²) >= 11 is 0. The molecule has 3 atom stereocenters. The Morgan fingerprint density at radius 1 is 1.53 bits per heavy atom. The molecule has 3 unspecified atom stereocenters. The van der Waals surface area contributed by atoms with Gasteiger partial charge < -0.3 is 19.1 Å². The molecular formula is C12H21NO4. The summed E-state index contributed by atoms with van der Waals surface area (Å²) in [6.45, 7) is 1.65. The van der Waals surface area contributed by atoms with Crippen LogP contribution in [0.3, 0.4) is 0 Å². The zero-order chi connectivity index (χ0) is 12.3. The molecule has 0 saturated carbocycles. The first-order valence-corrected chi connectivity index (χ1v) is 6.23. The van der Waals surface area contributed by atoms with Crippen molar-refractivity contribution in [2.24, 2.45) is 0 Å². The first-order chi connectivity index (χ1) is 8.19. The Morgan fingerprint density at radius 3 is 3.00 bits per heavy atom. The van der Waals surface area contributed by atoms with Crippen molar-refractivity contribution in [1.82, 2.24) is 4.90 Å². The van der Waals surface area contributed by atoms with Gasteiger partial charge >= 0.3 is 5.97 Å². The van der Waals surface area contributed by atoms with Crippen molar-refractivity contribution < 1.29 is 19.0 Å². The quantitative estimate of drug-likeness (QED) is 0.683. The lowest BCUT2D eigenvalue weighted by Gasteiger charge is -2.22. The minimum Gasteiger partial charge on any atom is -0.469 e. The maximum absolute atomic E-state index is 11.1. The number of nitrogens with zero attached hydrogens (tertiary/aromatic N) is 1. The first kappa shape index (κ1) is 12.8. The fourth-order valence-electron chi connectivity index (χ4n) is 2.51. The first-order valence-electron chi connectivity index (χ1n) is 6.23. The van der Waals surface area contributed by atoms with Gasteiger partial charge in [-0.05, 0) is 26.4 Å². The number of carbonyl (C=O) groups is 1. The van der Waals surface area contributed by atoms with Crippen LogP contribution in [0, 0.1) is 0 Å². The van der Waals surface area contributed by atoms with Crippen LogP contribution in [0.1, 0.15) is 25.7 Å². The van der Waals surface area contributed by atoms with Crippen molar-refractivity contribution in [2.75, 3.05) is 27.3 Å². The van der Waals surface area contributed by atoms with E-state index in [0.717, 1.165) is 13.0 Å². The van der Waals surface area contributed by atoms with Gasteiger partial charge in [-0.15, -0.1) is 0 Å². The Balaban J connectivity index is 1.72. The van der Waals surface area contributed by atoms with Crippen LogP contribution in [0.4, 0.5) is 0 Å². The van der Waals surface area contributed by atoms with Crippen molar-refractivity contribution >= 4 is 5.97 Å². The highest BCUT2D eigenvalue weighted by Crippen LogP contribution is 2.25. The van der Waals surface area contributed by atoms with E-state index in [-0.39, 0.29) is 24.8 Å². The predicted octanol–water partition coefficient (Wildman–Crippen LogP) is 0.775. The van der Waals surface area contributed by atoms with Gasteiger partial charge in [-0.25, -0.2) is 0 Å². The van der Waals surface area contributed by atoms with E-state index in [1.54, 1.807) is 0 Å². The molecule has 0 aromatic rings. The zero-order valence-corrected chi connectivity index (χ0v) is 10.6. The standard InChI is InChI=1S/C12H21NO4/c1-13-5-3-4-9(13)6-12-16-8-10(17-12)7-11(14)15-2/h9-10,12H,3-8H2,1-2H3. The molecule has 2 fully saturated rings. The Bertz CT molecular complexity index is 271. The number of rotatable bonds is 4. The maximum atomic E-state index is 11.1. The van der Waals surface area contributed by atoms with E-state index in [1.165, 1.54) is 20.0 Å². The highest BCUT2D eigenvalue weighted by Gasteiger charge is 2.32. The molecule has 2 heterocycles. The molecule has 17 heavy (non-hydrogen) atoms. The molecule has 0 aromatic carbocycles. The van der Waals surface area contributed by atoms with Crippen molar-refractivity contribution in [1.29, 1.82) is 0 Å². The largest absolute Gasteiger partial charge is 0.469 e. The van der Waals surface area contributed by atoms with Crippen LogP contribution in [0.25, 0.3) is 0 Å². The van der Waals surface area contributed by atoms with E-state index in [9.17, 15) is 4.79 Å². The van der Waals surface area contributed by atoms with Crippen molar-refractivity contribution in [3.63, 3.8) is 0 Å². The van der Waals surface area contributed by atoms with Gasteiger partial charge in [0, 0.05) is 12.5 Å². The number of hydrogen-bond donors (Lipinski definition) is 0. The average molecular weight is 243 g/mol. The fraction of sp³-hybridized carbons (Fsp3) is 0.917. The third kappa shape index (κ3) is 3.40. The van der Waals surface area contributed by atoms with Gasteiger partial charge in [0.1, 0.15) is 0 Å². The molecule has 5 nitrogen and oxygen atoms in total. The maximum Gasteiger partial charge on any atom is 0.308 e. The smallest absolute Gasteiger partial charge is 0.308 e. The van der Waals surface area contributed by atoms with Gasteiger partial charge in [0.25, 0.3) is 0 Å². The normalized spacial score (nSPS) is 34.1. The van der Waals surface area contributed by atoms with Gasteiger partial charge in [0.15, 0.2) is 6.29 Å². The van der Waals surface area contributed by atoms with E-state index in [1.807, 2.05) is 0 Å². The van der Waals surface area contributed by atoms with Gasteiger partial charge in [0.05, 0.1) is 26.2 Å². The van der Waals surface area contributed by atoms with Crippen LogP contribution < -0.4 is 0 Å². The summed E-state index contributed by atoms with van der Waals surface area (Å²) in [5.74, 6) is -0.239. The molecule has 0 radical (unpaired) electrons. The number of methoxy groups -OCH3 is 1. The average Bonchev–Trinajstić information content (AvgIpc) is 2.90. The number of carbonyl (C=O) groups excluding carboxylic acids is 1. The summed E-state index contributed by atoms with van der Waals surface area (Å²) in [6.07, 6.45) is 3.34. The van der Waals surface area contributed by atoms with Crippen molar-refractivity contribution in [3.8, 4) is 0 Å².